The van der Waals surface area contributed by atoms with Crippen LogP contribution in [-0.4, -0.2) is 70.7 Å². The van der Waals surface area contributed by atoms with Crippen molar-refractivity contribution in [2.75, 3.05) is 39.4 Å². The Balaban J connectivity index is 1.48. The van der Waals surface area contributed by atoms with Gasteiger partial charge in [0.2, 0.25) is 5.91 Å². The Hall–Kier alpha value is -1.92. The summed E-state index contributed by atoms with van der Waals surface area (Å²) in [5.41, 5.74) is 2.22. The first kappa shape index (κ1) is 16.5. The van der Waals surface area contributed by atoms with E-state index in [-0.39, 0.29) is 11.9 Å². The van der Waals surface area contributed by atoms with Crippen molar-refractivity contribution in [3.63, 3.8) is 0 Å². The van der Waals surface area contributed by atoms with Crippen LogP contribution in [-0.2, 0) is 9.53 Å². The Morgan fingerprint density at radius 3 is 2.88 bits per heavy atom. The molecule has 1 amide bonds. The van der Waals surface area contributed by atoms with E-state index in [1.807, 2.05) is 24.2 Å². The third kappa shape index (κ3) is 3.28. The van der Waals surface area contributed by atoms with E-state index in [0.717, 1.165) is 31.4 Å². The van der Waals surface area contributed by atoms with E-state index in [9.17, 15) is 4.79 Å². The number of morpholine rings is 1. The summed E-state index contributed by atoms with van der Waals surface area (Å²) < 4.78 is 7.65. The van der Waals surface area contributed by atoms with Gasteiger partial charge in [0.05, 0.1) is 36.6 Å². The summed E-state index contributed by atoms with van der Waals surface area (Å²) in [7, 11) is 0. The van der Waals surface area contributed by atoms with Gasteiger partial charge in [0.25, 0.3) is 0 Å². The maximum atomic E-state index is 12.8. The maximum absolute atomic E-state index is 12.8. The zero-order valence-corrected chi connectivity index (χ0v) is 14.8. The molecule has 0 spiro atoms. The van der Waals surface area contributed by atoms with Crippen molar-refractivity contribution in [1.82, 2.24) is 19.4 Å². The summed E-state index contributed by atoms with van der Waals surface area (Å²) >= 11 is 0. The van der Waals surface area contributed by atoms with E-state index in [0.29, 0.717) is 32.3 Å². The number of ether oxygens (including phenoxy) is 1. The summed E-state index contributed by atoms with van der Waals surface area (Å²) in [6.45, 7) is 6.67. The summed E-state index contributed by atoms with van der Waals surface area (Å²) in [5.74, 6) is 0.236. The lowest BCUT2D eigenvalue weighted by Crippen LogP contribution is -2.52. The second-order valence-electron chi connectivity index (χ2n) is 7.05. The number of hydrogen-bond donors (Lipinski definition) is 0. The molecule has 2 saturated heterocycles. The summed E-state index contributed by atoms with van der Waals surface area (Å²) in [5, 5.41) is 0. The molecule has 0 N–H and O–H groups in total. The fourth-order valence-corrected chi connectivity index (χ4v) is 4.04. The second kappa shape index (κ2) is 7.14. The smallest absolute Gasteiger partial charge is 0.239 e. The Morgan fingerprint density at radius 1 is 1.24 bits per heavy atom. The van der Waals surface area contributed by atoms with E-state index in [4.69, 9.17) is 4.74 Å². The average Bonchev–Trinajstić information content (AvgIpc) is 3.12. The van der Waals surface area contributed by atoms with Gasteiger partial charge in [0.15, 0.2) is 0 Å². The normalized spacial score (nSPS) is 23.7. The third-order valence-electron chi connectivity index (χ3n) is 5.53. The van der Waals surface area contributed by atoms with Crippen LogP contribution >= 0.6 is 0 Å². The summed E-state index contributed by atoms with van der Waals surface area (Å²) in [6.07, 6.45) is 4.19. The molecule has 0 saturated carbocycles. The molecule has 3 heterocycles. The highest BCUT2D eigenvalue weighted by atomic mass is 16.5. The van der Waals surface area contributed by atoms with Gasteiger partial charge in [-0.25, -0.2) is 4.98 Å². The van der Waals surface area contributed by atoms with Gasteiger partial charge in [-0.3, -0.25) is 9.69 Å². The molecule has 1 aromatic heterocycles. The van der Waals surface area contributed by atoms with Gasteiger partial charge in [0, 0.05) is 25.7 Å². The minimum atomic E-state index is -0.0734. The number of imidazole rings is 1. The van der Waals surface area contributed by atoms with E-state index < -0.39 is 0 Å². The standard InChI is InChI=1S/C19H26N4O2/c1-15(19(24)21-9-11-25-12-10-21)22-8-4-5-16(13-22)23-14-20-17-6-2-3-7-18(17)23/h2-3,6-7,14-16H,4-5,8-13H2,1H3/t15-,16-/m1/s1. The number of likely N-dealkylation sites (tertiary alicyclic amines) is 1. The molecule has 1 aromatic carbocycles. The highest BCUT2D eigenvalue weighted by molar-refractivity contribution is 5.81. The van der Waals surface area contributed by atoms with Gasteiger partial charge in [-0.1, -0.05) is 12.1 Å². The number of nitrogens with zero attached hydrogens (tertiary/aromatic N) is 4. The minimum Gasteiger partial charge on any atom is -0.378 e. The molecule has 6 nitrogen and oxygen atoms in total. The first-order valence-corrected chi connectivity index (χ1v) is 9.26. The molecule has 2 fully saturated rings. The van der Waals surface area contributed by atoms with Gasteiger partial charge in [0.1, 0.15) is 0 Å². The summed E-state index contributed by atoms with van der Waals surface area (Å²) in [4.78, 5) is 21.6. The van der Waals surface area contributed by atoms with Crippen molar-refractivity contribution in [2.24, 2.45) is 0 Å². The lowest BCUT2D eigenvalue weighted by Gasteiger charge is -2.39. The van der Waals surface area contributed by atoms with Crippen molar-refractivity contribution in [1.29, 1.82) is 0 Å². The first-order valence-electron chi connectivity index (χ1n) is 9.26. The van der Waals surface area contributed by atoms with E-state index in [2.05, 4.69) is 32.7 Å². The number of fused-ring (bicyclic) bond motifs is 1. The van der Waals surface area contributed by atoms with Crippen LogP contribution in [0.15, 0.2) is 30.6 Å². The van der Waals surface area contributed by atoms with Gasteiger partial charge < -0.3 is 14.2 Å². The van der Waals surface area contributed by atoms with Crippen LogP contribution < -0.4 is 0 Å². The molecule has 2 atom stereocenters. The molecule has 2 aromatic rings. The molecule has 6 heteroatoms. The lowest BCUT2D eigenvalue weighted by molar-refractivity contribution is -0.141. The van der Waals surface area contributed by atoms with Crippen LogP contribution in [0.5, 0.6) is 0 Å². The first-order chi connectivity index (χ1) is 12.2. The van der Waals surface area contributed by atoms with Crippen molar-refractivity contribution in [2.45, 2.75) is 31.8 Å². The predicted molar refractivity (Wildman–Crippen MR) is 96.4 cm³/mol. The molecule has 25 heavy (non-hydrogen) atoms. The van der Waals surface area contributed by atoms with Gasteiger partial charge in [-0.05, 0) is 38.4 Å². The van der Waals surface area contributed by atoms with Gasteiger partial charge in [-0.2, -0.15) is 0 Å². The number of para-hydroxylation sites is 2. The van der Waals surface area contributed by atoms with Crippen LogP contribution in [0.1, 0.15) is 25.8 Å². The third-order valence-corrected chi connectivity index (χ3v) is 5.53. The van der Waals surface area contributed by atoms with Crippen molar-refractivity contribution in [3.05, 3.63) is 30.6 Å². The van der Waals surface area contributed by atoms with Crippen LogP contribution in [0.3, 0.4) is 0 Å². The number of benzene rings is 1. The van der Waals surface area contributed by atoms with Gasteiger partial charge >= 0.3 is 0 Å². The van der Waals surface area contributed by atoms with Crippen LogP contribution in [0.25, 0.3) is 11.0 Å². The molecular formula is C19H26N4O2. The fraction of sp³-hybridized carbons (Fsp3) is 0.579. The highest BCUT2D eigenvalue weighted by Crippen LogP contribution is 2.27. The monoisotopic (exact) mass is 342 g/mol. The quantitative estimate of drug-likeness (QED) is 0.855. The highest BCUT2D eigenvalue weighted by Gasteiger charge is 2.31. The number of piperidine rings is 1. The number of carbonyl (C=O) groups is 1. The van der Waals surface area contributed by atoms with Crippen molar-refractivity contribution in [3.8, 4) is 0 Å². The lowest BCUT2D eigenvalue weighted by atomic mass is 10.0. The Kier molecular flexibility index (Phi) is 4.72. The number of carbonyl (C=O) groups excluding carboxylic acids is 1. The van der Waals surface area contributed by atoms with Crippen LogP contribution in [0.2, 0.25) is 0 Å². The predicted octanol–water partition coefficient (Wildman–Crippen LogP) is 1.92. The van der Waals surface area contributed by atoms with Gasteiger partial charge in [-0.15, -0.1) is 0 Å². The fourth-order valence-electron chi connectivity index (χ4n) is 4.04. The topological polar surface area (TPSA) is 50.6 Å². The molecule has 0 radical (unpaired) electrons. The molecular weight excluding hydrogens is 316 g/mol. The Labute approximate surface area is 148 Å². The molecule has 134 valence electrons. The van der Waals surface area contributed by atoms with Crippen LogP contribution in [0.4, 0.5) is 0 Å². The molecule has 0 unspecified atom stereocenters. The Morgan fingerprint density at radius 2 is 2.04 bits per heavy atom. The zero-order chi connectivity index (χ0) is 17.2. The second-order valence-corrected chi connectivity index (χ2v) is 7.05. The SMILES string of the molecule is C[C@H](C(=O)N1CCOCC1)N1CCC[C@@H](n2cnc3ccccc32)C1. The van der Waals surface area contributed by atoms with Crippen LogP contribution in [0, 0.1) is 0 Å². The number of hydrogen-bond acceptors (Lipinski definition) is 4. The average molecular weight is 342 g/mol. The Bertz CT molecular complexity index is 738. The molecule has 4 rings (SSSR count). The minimum absolute atomic E-state index is 0.0734. The van der Waals surface area contributed by atoms with Crippen molar-refractivity contribution < 1.29 is 9.53 Å². The molecule has 2 aliphatic heterocycles. The molecule has 0 bridgehead atoms. The molecule has 2 aliphatic rings. The number of rotatable bonds is 3. The number of aromatic nitrogens is 2. The van der Waals surface area contributed by atoms with E-state index in [1.54, 1.807) is 0 Å². The molecule has 0 aliphatic carbocycles. The van der Waals surface area contributed by atoms with E-state index in [1.165, 1.54) is 5.52 Å². The largest absolute Gasteiger partial charge is 0.378 e. The van der Waals surface area contributed by atoms with E-state index >= 15 is 0 Å². The number of amides is 1. The zero-order valence-electron chi connectivity index (χ0n) is 14.8. The summed E-state index contributed by atoms with van der Waals surface area (Å²) in [6, 6.07) is 8.57. The van der Waals surface area contributed by atoms with Crippen molar-refractivity contribution >= 4 is 16.9 Å². The maximum Gasteiger partial charge on any atom is 0.239 e.